The summed E-state index contributed by atoms with van der Waals surface area (Å²) < 4.78 is 5.29. The lowest BCUT2D eigenvalue weighted by Gasteiger charge is -2.57. The molecule has 0 aromatic carbocycles. The summed E-state index contributed by atoms with van der Waals surface area (Å²) in [5, 5.41) is 11.6. The Labute approximate surface area is 326 Å². The number of hydrogen-bond donors (Lipinski definition) is 1. The van der Waals surface area contributed by atoms with Crippen molar-refractivity contribution in [3.05, 3.63) is 0 Å². The number of aliphatic hydroxyl groups is 1. The lowest BCUT2D eigenvalue weighted by atomic mass is 10.0. The first kappa shape index (κ1) is 44.5. The van der Waals surface area contributed by atoms with Gasteiger partial charge in [0, 0.05) is 0 Å². The molecule has 4 bridgehead atoms. The van der Waals surface area contributed by atoms with Gasteiger partial charge in [-0.3, -0.25) is 0 Å². The Morgan fingerprint density at radius 1 is 0.288 bits per heavy atom. The van der Waals surface area contributed by atoms with E-state index in [1.807, 2.05) is 0 Å². The van der Waals surface area contributed by atoms with Crippen LogP contribution in [-0.2, 0) is 0 Å². The quantitative estimate of drug-likeness (QED) is 0.0516. The highest BCUT2D eigenvalue weighted by Gasteiger charge is 2.52. The Bertz CT molecular complexity index is 774. The van der Waals surface area contributed by atoms with Gasteiger partial charge in [0.2, 0.25) is 0 Å². The molecule has 306 valence electrons. The number of piperazine rings is 6. The van der Waals surface area contributed by atoms with Gasteiger partial charge in [0.25, 0.3) is 0 Å². The van der Waals surface area contributed by atoms with E-state index in [1.54, 1.807) is 0 Å². The largest absolute Gasteiger partial charge is 0.382 e. The second-order valence-electron chi connectivity index (χ2n) is 19.7. The van der Waals surface area contributed by atoms with Crippen LogP contribution in [0.3, 0.4) is 0 Å². The number of quaternary nitrogens is 4. The van der Waals surface area contributed by atoms with Crippen molar-refractivity contribution in [2.24, 2.45) is 0 Å². The molecular formula is C47H96N4O+4. The average molecular weight is 733 g/mol. The molecule has 5 heteroatoms. The van der Waals surface area contributed by atoms with Crippen molar-refractivity contribution >= 4 is 0 Å². The van der Waals surface area contributed by atoms with Gasteiger partial charge in [-0.15, -0.1) is 0 Å². The minimum atomic E-state index is -0.104. The van der Waals surface area contributed by atoms with E-state index in [9.17, 15) is 5.11 Å². The zero-order valence-electron chi connectivity index (χ0n) is 35.9. The molecule has 0 aliphatic carbocycles. The van der Waals surface area contributed by atoms with Crippen molar-refractivity contribution in [3.8, 4) is 0 Å². The molecule has 0 aromatic heterocycles. The van der Waals surface area contributed by atoms with E-state index in [-0.39, 0.29) is 6.10 Å². The fourth-order valence-electron chi connectivity index (χ4n) is 11.3. The second kappa shape index (κ2) is 25.1. The van der Waals surface area contributed by atoms with Crippen LogP contribution in [0.25, 0.3) is 0 Å². The van der Waals surface area contributed by atoms with Gasteiger partial charge in [0.15, 0.2) is 6.10 Å². The molecule has 5 nitrogen and oxygen atoms in total. The van der Waals surface area contributed by atoms with E-state index in [0.29, 0.717) is 0 Å². The Kier molecular flexibility index (Phi) is 21.5. The Hall–Kier alpha value is -0.200. The highest BCUT2D eigenvalue weighted by atomic mass is 16.3. The fourth-order valence-corrected chi connectivity index (χ4v) is 11.3. The molecule has 0 radical (unpaired) electrons. The summed E-state index contributed by atoms with van der Waals surface area (Å²) in [5.74, 6) is 0. The summed E-state index contributed by atoms with van der Waals surface area (Å²) >= 11 is 0. The van der Waals surface area contributed by atoms with Gasteiger partial charge in [-0.1, -0.05) is 168 Å². The van der Waals surface area contributed by atoms with E-state index in [0.717, 1.165) is 13.1 Å². The number of fused-ring (bicyclic) bond motifs is 6. The van der Waals surface area contributed by atoms with Crippen LogP contribution in [0.4, 0.5) is 0 Å². The van der Waals surface area contributed by atoms with Crippen molar-refractivity contribution < 1.29 is 23.0 Å². The number of nitrogens with zero attached hydrogens (tertiary/aromatic N) is 4. The molecule has 0 spiro atoms. The Morgan fingerprint density at radius 2 is 0.481 bits per heavy atom. The molecule has 6 heterocycles. The van der Waals surface area contributed by atoms with Crippen LogP contribution in [0.15, 0.2) is 0 Å². The van der Waals surface area contributed by atoms with E-state index < -0.39 is 0 Å². The summed E-state index contributed by atoms with van der Waals surface area (Å²) in [7, 11) is 0. The third-order valence-electron chi connectivity index (χ3n) is 15.5. The van der Waals surface area contributed by atoms with E-state index in [4.69, 9.17) is 0 Å². The zero-order valence-corrected chi connectivity index (χ0v) is 35.9. The fraction of sp³-hybridized carbons (Fsp3) is 1.00. The van der Waals surface area contributed by atoms with Crippen LogP contribution < -0.4 is 0 Å². The first-order chi connectivity index (χ1) is 25.5. The number of rotatable bonds is 34. The standard InChI is InChI=1S/C47H96N4O/c1-3-5-7-9-11-13-15-17-19-21-23-25-27-29-31-48-33-39-50(40-34-48,41-35-48)45-47(52)46-51-42-36-49(37-43-51,38-44-51)32-30-28-26-24-22-20-18-16-14-12-10-8-6-4-2/h47,52H,3-46H2,1-2H3/q+4. The summed E-state index contributed by atoms with van der Waals surface area (Å²) in [4.78, 5) is 0. The zero-order chi connectivity index (χ0) is 36.7. The van der Waals surface area contributed by atoms with Gasteiger partial charge in [-0.2, -0.15) is 0 Å². The van der Waals surface area contributed by atoms with Crippen LogP contribution in [0.5, 0.6) is 0 Å². The molecule has 0 saturated carbocycles. The van der Waals surface area contributed by atoms with E-state index in [1.165, 1.54) is 289 Å². The van der Waals surface area contributed by atoms with Crippen molar-refractivity contribution in [1.29, 1.82) is 0 Å². The van der Waals surface area contributed by atoms with Crippen molar-refractivity contribution in [3.63, 3.8) is 0 Å². The van der Waals surface area contributed by atoms with Gasteiger partial charge in [0.05, 0.1) is 13.1 Å². The number of aliphatic hydroxyl groups excluding tert-OH is 1. The van der Waals surface area contributed by atoms with Gasteiger partial charge in [-0.05, 0) is 25.7 Å². The van der Waals surface area contributed by atoms with Gasteiger partial charge >= 0.3 is 0 Å². The first-order valence-electron chi connectivity index (χ1n) is 24.5. The van der Waals surface area contributed by atoms with E-state index in [2.05, 4.69) is 13.8 Å². The molecule has 6 saturated heterocycles. The van der Waals surface area contributed by atoms with Gasteiger partial charge < -0.3 is 23.0 Å². The van der Waals surface area contributed by atoms with Crippen LogP contribution in [0.2, 0.25) is 0 Å². The van der Waals surface area contributed by atoms with Crippen LogP contribution >= 0.6 is 0 Å². The molecule has 1 N–H and O–H groups in total. The maximum absolute atomic E-state index is 11.6. The molecule has 6 fully saturated rings. The molecule has 0 unspecified atom stereocenters. The smallest absolute Gasteiger partial charge is 0.152 e. The molecular weight excluding hydrogens is 637 g/mol. The lowest BCUT2D eigenvalue weighted by Crippen LogP contribution is -2.78. The van der Waals surface area contributed by atoms with Gasteiger partial charge in [-0.25, -0.2) is 0 Å². The minimum absolute atomic E-state index is 0.104. The van der Waals surface area contributed by atoms with Gasteiger partial charge in [0.1, 0.15) is 91.6 Å². The van der Waals surface area contributed by atoms with Crippen LogP contribution in [0, 0.1) is 0 Å². The van der Waals surface area contributed by atoms with Crippen molar-refractivity contribution in [1.82, 2.24) is 0 Å². The lowest BCUT2D eigenvalue weighted by molar-refractivity contribution is -1.09. The topological polar surface area (TPSA) is 20.2 Å². The highest BCUT2D eigenvalue weighted by Crippen LogP contribution is 2.31. The molecule has 52 heavy (non-hydrogen) atoms. The Morgan fingerprint density at radius 3 is 0.712 bits per heavy atom. The molecule has 0 atom stereocenters. The molecule has 6 aliphatic rings. The van der Waals surface area contributed by atoms with Crippen LogP contribution in [0.1, 0.15) is 194 Å². The van der Waals surface area contributed by atoms with Crippen molar-refractivity contribution in [2.45, 2.75) is 200 Å². The summed E-state index contributed by atoms with van der Waals surface area (Å²) in [5.41, 5.74) is 0. The number of hydrogen-bond acceptors (Lipinski definition) is 1. The molecule has 6 rings (SSSR count). The molecule has 0 amide bonds. The molecule has 6 aliphatic heterocycles. The van der Waals surface area contributed by atoms with Crippen molar-refractivity contribution in [2.75, 3.05) is 105 Å². The Balaban J connectivity index is 0.972. The average Bonchev–Trinajstić information content (AvgIpc) is 3.16. The first-order valence-corrected chi connectivity index (χ1v) is 24.5. The normalized spacial score (nSPS) is 28.9. The van der Waals surface area contributed by atoms with E-state index >= 15 is 0 Å². The third kappa shape index (κ3) is 16.1. The summed E-state index contributed by atoms with van der Waals surface area (Å²) in [6.07, 6.45) is 40.7. The second-order valence-corrected chi connectivity index (χ2v) is 19.7. The minimum Gasteiger partial charge on any atom is -0.382 e. The SMILES string of the molecule is CCCCCCCCCCCCCCCC[N+]12CC[N+](CC(O)C[N+]34CC[N+](CCCCCCCCCCCCCCCC)(CC3)CC4)(CC1)CC2. The maximum Gasteiger partial charge on any atom is 0.152 e. The predicted molar refractivity (Wildman–Crippen MR) is 226 cm³/mol. The summed E-state index contributed by atoms with van der Waals surface area (Å²) in [6.45, 7) is 25.8. The van der Waals surface area contributed by atoms with Crippen LogP contribution in [-0.4, -0.2) is 134 Å². The highest BCUT2D eigenvalue weighted by molar-refractivity contribution is 4.69. The molecule has 0 aromatic rings. The predicted octanol–water partition coefficient (Wildman–Crippen LogP) is 10.6. The third-order valence-corrected chi connectivity index (χ3v) is 15.5. The maximum atomic E-state index is 11.6. The number of unbranched alkanes of at least 4 members (excludes halogenated alkanes) is 26. The summed E-state index contributed by atoms with van der Waals surface area (Å²) in [6, 6.07) is 0. The monoisotopic (exact) mass is 733 g/mol.